The Morgan fingerprint density at radius 1 is 1.00 bits per heavy atom. The molecule has 4 nitrogen and oxygen atoms in total. The van der Waals surface area contributed by atoms with E-state index in [1.807, 2.05) is 7.05 Å². The molecule has 2 aliphatic rings. The van der Waals surface area contributed by atoms with Crippen molar-refractivity contribution in [3.63, 3.8) is 0 Å². The zero-order valence-electron chi connectivity index (χ0n) is 11.5. The smallest absolute Gasteiger partial charge is 0.0121 e. The Kier molecular flexibility index (Phi) is 5.22. The second-order valence-corrected chi connectivity index (χ2v) is 5.52. The molecule has 4 heteroatoms. The van der Waals surface area contributed by atoms with Crippen molar-refractivity contribution in [2.24, 2.45) is 0 Å². The average Bonchev–Trinajstić information content (AvgIpc) is 2.38. The quantitative estimate of drug-likeness (QED) is 0.742. The zero-order chi connectivity index (χ0) is 12.1. The maximum Gasteiger partial charge on any atom is 0.0121 e. The van der Waals surface area contributed by atoms with Crippen LogP contribution in [-0.2, 0) is 0 Å². The largest absolute Gasteiger partial charge is 0.318 e. The van der Waals surface area contributed by atoms with Crippen LogP contribution in [-0.4, -0.2) is 87.2 Å². The number of hydrogen-bond acceptors (Lipinski definition) is 4. The summed E-state index contributed by atoms with van der Waals surface area (Å²) in [6.45, 7) is 9.96. The first-order chi connectivity index (χ1) is 8.29. The van der Waals surface area contributed by atoms with Crippen molar-refractivity contribution >= 4 is 0 Å². The van der Waals surface area contributed by atoms with Gasteiger partial charge in [0.15, 0.2) is 0 Å². The third-order valence-corrected chi connectivity index (χ3v) is 4.29. The number of hydrogen-bond donors (Lipinski definition) is 1. The normalized spacial score (nSPS) is 26.5. The van der Waals surface area contributed by atoms with Crippen molar-refractivity contribution in [1.29, 1.82) is 0 Å². The SMILES string of the molecule is CNCCN1CCN(C2CCN(C)CC2)CC1. The summed E-state index contributed by atoms with van der Waals surface area (Å²) >= 11 is 0. The van der Waals surface area contributed by atoms with Crippen LogP contribution in [0.4, 0.5) is 0 Å². The Hall–Kier alpha value is -0.160. The molecule has 100 valence electrons. The van der Waals surface area contributed by atoms with Crippen LogP contribution in [0.3, 0.4) is 0 Å². The first-order valence-electron chi connectivity index (χ1n) is 7.09. The van der Waals surface area contributed by atoms with E-state index in [-0.39, 0.29) is 0 Å². The molecule has 0 unspecified atom stereocenters. The van der Waals surface area contributed by atoms with E-state index in [4.69, 9.17) is 0 Å². The number of likely N-dealkylation sites (tertiary alicyclic amines) is 1. The van der Waals surface area contributed by atoms with Gasteiger partial charge in [-0.05, 0) is 40.0 Å². The fourth-order valence-corrected chi connectivity index (χ4v) is 2.98. The van der Waals surface area contributed by atoms with Gasteiger partial charge in [-0.15, -0.1) is 0 Å². The van der Waals surface area contributed by atoms with E-state index >= 15 is 0 Å². The minimum atomic E-state index is 0.859. The Bertz CT molecular complexity index is 205. The minimum Gasteiger partial charge on any atom is -0.318 e. The predicted molar refractivity (Wildman–Crippen MR) is 72.5 cm³/mol. The van der Waals surface area contributed by atoms with E-state index < -0.39 is 0 Å². The summed E-state index contributed by atoms with van der Waals surface area (Å²) in [6, 6.07) is 0.859. The van der Waals surface area contributed by atoms with Gasteiger partial charge in [0.05, 0.1) is 0 Å². The third kappa shape index (κ3) is 3.91. The van der Waals surface area contributed by atoms with Crippen LogP contribution in [0.1, 0.15) is 12.8 Å². The molecular weight excluding hydrogens is 212 g/mol. The maximum absolute atomic E-state index is 3.23. The fourth-order valence-electron chi connectivity index (χ4n) is 2.98. The van der Waals surface area contributed by atoms with Gasteiger partial charge in [-0.25, -0.2) is 0 Å². The number of piperazine rings is 1. The molecule has 2 aliphatic heterocycles. The fraction of sp³-hybridized carbons (Fsp3) is 1.00. The first kappa shape index (κ1) is 13.3. The maximum atomic E-state index is 3.23. The van der Waals surface area contributed by atoms with Gasteiger partial charge < -0.3 is 10.2 Å². The molecule has 0 aromatic heterocycles. The highest BCUT2D eigenvalue weighted by atomic mass is 15.3. The van der Waals surface area contributed by atoms with Crippen LogP contribution in [0.2, 0.25) is 0 Å². The van der Waals surface area contributed by atoms with Gasteiger partial charge in [-0.1, -0.05) is 0 Å². The molecule has 2 fully saturated rings. The second kappa shape index (κ2) is 6.69. The Balaban J connectivity index is 1.68. The van der Waals surface area contributed by atoms with Crippen LogP contribution in [0.25, 0.3) is 0 Å². The molecule has 2 saturated heterocycles. The lowest BCUT2D eigenvalue weighted by atomic mass is 10.0. The highest BCUT2D eigenvalue weighted by Gasteiger charge is 2.25. The molecule has 0 atom stereocenters. The van der Waals surface area contributed by atoms with Crippen molar-refractivity contribution < 1.29 is 0 Å². The molecule has 0 bridgehead atoms. The second-order valence-electron chi connectivity index (χ2n) is 5.52. The van der Waals surface area contributed by atoms with E-state index in [2.05, 4.69) is 27.1 Å². The van der Waals surface area contributed by atoms with E-state index in [1.165, 1.54) is 58.7 Å². The molecule has 0 radical (unpaired) electrons. The van der Waals surface area contributed by atoms with Crippen molar-refractivity contribution in [3.05, 3.63) is 0 Å². The monoisotopic (exact) mass is 240 g/mol. The van der Waals surface area contributed by atoms with Gasteiger partial charge in [-0.3, -0.25) is 9.80 Å². The highest BCUT2D eigenvalue weighted by Crippen LogP contribution is 2.17. The zero-order valence-corrected chi connectivity index (χ0v) is 11.5. The summed E-state index contributed by atoms with van der Waals surface area (Å²) in [7, 11) is 4.28. The first-order valence-corrected chi connectivity index (χ1v) is 7.09. The average molecular weight is 240 g/mol. The topological polar surface area (TPSA) is 21.8 Å². The lowest BCUT2D eigenvalue weighted by Gasteiger charge is -2.42. The van der Waals surface area contributed by atoms with Crippen LogP contribution >= 0.6 is 0 Å². The van der Waals surface area contributed by atoms with Crippen molar-refractivity contribution in [2.75, 3.05) is 66.5 Å². The highest BCUT2D eigenvalue weighted by molar-refractivity contribution is 4.82. The molecular formula is C13H28N4. The summed E-state index contributed by atoms with van der Waals surface area (Å²) in [5.74, 6) is 0. The van der Waals surface area contributed by atoms with E-state index in [0.29, 0.717) is 0 Å². The number of piperidine rings is 1. The predicted octanol–water partition coefficient (Wildman–Crippen LogP) is -0.0824. The van der Waals surface area contributed by atoms with Gasteiger partial charge in [0.25, 0.3) is 0 Å². The number of likely N-dealkylation sites (N-methyl/N-ethyl adjacent to an activating group) is 1. The van der Waals surface area contributed by atoms with Crippen LogP contribution in [0, 0.1) is 0 Å². The Morgan fingerprint density at radius 2 is 1.65 bits per heavy atom. The Morgan fingerprint density at radius 3 is 2.24 bits per heavy atom. The van der Waals surface area contributed by atoms with Gasteiger partial charge in [0, 0.05) is 45.3 Å². The number of rotatable bonds is 4. The summed E-state index contributed by atoms with van der Waals surface area (Å²) < 4.78 is 0. The number of nitrogens with zero attached hydrogens (tertiary/aromatic N) is 3. The van der Waals surface area contributed by atoms with Crippen LogP contribution < -0.4 is 5.32 Å². The summed E-state index contributed by atoms with van der Waals surface area (Å²) in [4.78, 5) is 7.77. The lowest BCUT2D eigenvalue weighted by Crippen LogP contribution is -2.53. The van der Waals surface area contributed by atoms with E-state index in [9.17, 15) is 0 Å². The Labute approximate surface area is 106 Å². The van der Waals surface area contributed by atoms with E-state index in [0.717, 1.165) is 12.6 Å². The van der Waals surface area contributed by atoms with Gasteiger partial charge in [0.1, 0.15) is 0 Å². The molecule has 2 rings (SSSR count). The van der Waals surface area contributed by atoms with E-state index in [1.54, 1.807) is 0 Å². The minimum absolute atomic E-state index is 0.859. The van der Waals surface area contributed by atoms with Gasteiger partial charge in [-0.2, -0.15) is 0 Å². The summed E-state index contributed by atoms with van der Waals surface area (Å²) in [5.41, 5.74) is 0. The van der Waals surface area contributed by atoms with Crippen LogP contribution in [0.15, 0.2) is 0 Å². The third-order valence-electron chi connectivity index (χ3n) is 4.29. The molecule has 2 heterocycles. The molecule has 0 aliphatic carbocycles. The summed E-state index contributed by atoms with van der Waals surface area (Å²) in [5, 5.41) is 3.23. The summed E-state index contributed by atoms with van der Waals surface area (Å²) in [6.07, 6.45) is 2.74. The molecule has 0 aromatic carbocycles. The molecule has 0 aromatic rings. The van der Waals surface area contributed by atoms with Crippen molar-refractivity contribution in [3.8, 4) is 0 Å². The van der Waals surface area contributed by atoms with Crippen molar-refractivity contribution in [2.45, 2.75) is 18.9 Å². The molecule has 17 heavy (non-hydrogen) atoms. The standard InChI is InChI=1S/C13H28N4/c1-14-5-8-16-9-11-17(12-10-16)13-3-6-15(2)7-4-13/h13-14H,3-12H2,1-2H3. The lowest BCUT2D eigenvalue weighted by molar-refractivity contribution is 0.0653. The number of nitrogens with one attached hydrogen (secondary N) is 1. The molecule has 1 N–H and O–H groups in total. The van der Waals surface area contributed by atoms with Gasteiger partial charge in [0.2, 0.25) is 0 Å². The molecule has 0 spiro atoms. The van der Waals surface area contributed by atoms with Gasteiger partial charge >= 0.3 is 0 Å². The molecule has 0 amide bonds. The van der Waals surface area contributed by atoms with Crippen molar-refractivity contribution in [1.82, 2.24) is 20.0 Å². The van der Waals surface area contributed by atoms with Crippen LogP contribution in [0.5, 0.6) is 0 Å². The molecule has 0 saturated carbocycles.